The zero-order valence-corrected chi connectivity index (χ0v) is 32.2. The van der Waals surface area contributed by atoms with Crippen LogP contribution in [0.4, 0.5) is 0 Å². The molecule has 0 aliphatic heterocycles. The number of carbonyl (C=O) groups is 3. The summed E-state index contributed by atoms with van der Waals surface area (Å²) in [6.07, 6.45) is 44.7. The summed E-state index contributed by atoms with van der Waals surface area (Å²) in [5.74, 6) is -1.74. The fraction of sp³-hybridized carbons (Fsp3) is 0.881. The van der Waals surface area contributed by atoms with Gasteiger partial charge in [-0.1, -0.05) is 206 Å². The number of aliphatic carboxylic acids is 1. The maximum Gasteiger partial charge on any atom is 0.331 e. The van der Waals surface area contributed by atoms with E-state index in [-0.39, 0.29) is 0 Å². The molecule has 0 saturated heterocycles. The highest BCUT2D eigenvalue weighted by molar-refractivity contribution is 5.91. The number of carbonyl (C=O) groups excluding carboxylic acids is 2. The summed E-state index contributed by atoms with van der Waals surface area (Å²) in [5, 5.41) is 7.42. The molecular formula is C42H80O6. The molecule has 0 amide bonds. The van der Waals surface area contributed by atoms with Crippen molar-refractivity contribution in [3.8, 4) is 0 Å². The zero-order valence-electron chi connectivity index (χ0n) is 32.2. The van der Waals surface area contributed by atoms with Gasteiger partial charge in [-0.3, -0.25) is 4.79 Å². The number of rotatable bonds is 36. The van der Waals surface area contributed by atoms with E-state index >= 15 is 0 Å². The van der Waals surface area contributed by atoms with Gasteiger partial charge in [0, 0.05) is 19.1 Å². The van der Waals surface area contributed by atoms with Gasteiger partial charge < -0.3 is 14.6 Å². The molecule has 284 valence electrons. The van der Waals surface area contributed by atoms with E-state index < -0.39 is 17.9 Å². The van der Waals surface area contributed by atoms with Crippen LogP contribution in [0.1, 0.15) is 226 Å². The molecule has 6 heteroatoms. The van der Waals surface area contributed by atoms with Crippen LogP contribution >= 0.6 is 0 Å². The Labute approximate surface area is 298 Å². The molecule has 48 heavy (non-hydrogen) atoms. The van der Waals surface area contributed by atoms with Crippen molar-refractivity contribution in [1.29, 1.82) is 0 Å². The third kappa shape index (κ3) is 48.5. The van der Waals surface area contributed by atoms with Crippen LogP contribution in [-0.4, -0.2) is 36.2 Å². The van der Waals surface area contributed by atoms with Crippen LogP contribution in [0.3, 0.4) is 0 Å². The number of hydrogen-bond donors (Lipinski definition) is 1. The van der Waals surface area contributed by atoms with Crippen LogP contribution < -0.4 is 0 Å². The average molecular weight is 681 g/mol. The smallest absolute Gasteiger partial charge is 0.331 e. The van der Waals surface area contributed by atoms with Gasteiger partial charge >= 0.3 is 11.9 Å². The highest BCUT2D eigenvalue weighted by Crippen LogP contribution is 2.15. The standard InChI is InChI=1S/C40H76O4.C2H4O2/c1-3-5-7-9-11-13-15-17-19-21-23-25-27-29-31-33-37-43-39(41)35-36-40(42)44-38-34-32-30-28-26-24-22-20-18-16-14-12-10-8-6-4-2;1-2(3)4/h35-36H,3-34,37-38H2,1-2H3;1H3,(H,3,4). The van der Waals surface area contributed by atoms with Crippen molar-refractivity contribution in [2.75, 3.05) is 13.2 Å². The van der Waals surface area contributed by atoms with Crippen molar-refractivity contribution in [3.05, 3.63) is 12.2 Å². The van der Waals surface area contributed by atoms with Gasteiger partial charge in [0.1, 0.15) is 0 Å². The lowest BCUT2D eigenvalue weighted by molar-refractivity contribution is -0.140. The Balaban J connectivity index is 0. The minimum atomic E-state index is -0.833. The SMILES string of the molecule is CC(=O)O.CCCCCCCCCCCCCCCCCCOC(=O)C=CC(=O)OCCCCCCCCCCCCCCCCCC. The molecule has 0 atom stereocenters. The van der Waals surface area contributed by atoms with Crippen LogP contribution in [-0.2, 0) is 23.9 Å². The van der Waals surface area contributed by atoms with Gasteiger partial charge in [0.25, 0.3) is 5.97 Å². The molecule has 0 bridgehead atoms. The normalized spacial score (nSPS) is 11.0. The van der Waals surface area contributed by atoms with E-state index in [0.29, 0.717) is 13.2 Å². The highest BCUT2D eigenvalue weighted by Gasteiger charge is 2.02. The first kappa shape index (κ1) is 48.3. The molecular weight excluding hydrogens is 600 g/mol. The quantitative estimate of drug-likeness (QED) is 0.0402. The molecule has 1 N–H and O–H groups in total. The second-order valence-electron chi connectivity index (χ2n) is 13.8. The number of carboxylic acids is 1. The molecule has 0 unspecified atom stereocenters. The van der Waals surface area contributed by atoms with Gasteiger partial charge in [-0.15, -0.1) is 0 Å². The fourth-order valence-corrected chi connectivity index (χ4v) is 5.88. The first-order valence-corrected chi connectivity index (χ1v) is 20.6. The van der Waals surface area contributed by atoms with Crippen molar-refractivity contribution < 1.29 is 29.0 Å². The Kier molecular flexibility index (Phi) is 43.4. The highest BCUT2D eigenvalue weighted by atomic mass is 16.5. The van der Waals surface area contributed by atoms with Crippen LogP contribution in [0.2, 0.25) is 0 Å². The summed E-state index contributed by atoms with van der Waals surface area (Å²) in [4.78, 5) is 32.6. The summed E-state index contributed by atoms with van der Waals surface area (Å²) in [7, 11) is 0. The van der Waals surface area contributed by atoms with E-state index in [0.717, 1.165) is 32.6 Å². The minimum absolute atomic E-state index is 0.426. The number of carboxylic acid groups (broad SMARTS) is 1. The third-order valence-corrected chi connectivity index (χ3v) is 8.84. The molecule has 6 nitrogen and oxygen atoms in total. The summed E-state index contributed by atoms with van der Waals surface area (Å²) >= 11 is 0. The van der Waals surface area contributed by atoms with Gasteiger partial charge in [-0.2, -0.15) is 0 Å². The molecule has 0 aliphatic carbocycles. The molecule has 0 radical (unpaired) electrons. The molecule has 0 heterocycles. The summed E-state index contributed by atoms with van der Waals surface area (Å²) in [5.41, 5.74) is 0. The van der Waals surface area contributed by atoms with Crippen molar-refractivity contribution in [1.82, 2.24) is 0 Å². The lowest BCUT2D eigenvalue weighted by Crippen LogP contribution is -2.06. The second-order valence-corrected chi connectivity index (χ2v) is 13.8. The van der Waals surface area contributed by atoms with Crippen LogP contribution in [0.5, 0.6) is 0 Å². The van der Waals surface area contributed by atoms with E-state index in [1.807, 2.05) is 0 Å². The largest absolute Gasteiger partial charge is 0.481 e. The van der Waals surface area contributed by atoms with Gasteiger partial charge in [0.15, 0.2) is 0 Å². The summed E-state index contributed by atoms with van der Waals surface area (Å²) in [6.45, 7) is 6.49. The van der Waals surface area contributed by atoms with E-state index in [1.54, 1.807) is 0 Å². The van der Waals surface area contributed by atoms with E-state index in [1.165, 1.54) is 192 Å². The summed E-state index contributed by atoms with van der Waals surface area (Å²) in [6, 6.07) is 0. The monoisotopic (exact) mass is 681 g/mol. The molecule has 0 fully saturated rings. The Morgan fingerprint density at radius 2 is 0.542 bits per heavy atom. The van der Waals surface area contributed by atoms with Crippen LogP contribution in [0, 0.1) is 0 Å². The maximum absolute atomic E-state index is 11.8. The predicted molar refractivity (Wildman–Crippen MR) is 203 cm³/mol. The predicted octanol–water partition coefficient (Wildman–Crippen LogP) is 13.2. The fourth-order valence-electron chi connectivity index (χ4n) is 5.88. The Morgan fingerprint density at radius 3 is 0.729 bits per heavy atom. The van der Waals surface area contributed by atoms with Crippen molar-refractivity contribution in [2.24, 2.45) is 0 Å². The number of ether oxygens (including phenoxy) is 2. The lowest BCUT2D eigenvalue weighted by Gasteiger charge is -2.04. The van der Waals surface area contributed by atoms with Gasteiger partial charge in [0.2, 0.25) is 0 Å². The van der Waals surface area contributed by atoms with E-state index in [4.69, 9.17) is 19.4 Å². The minimum Gasteiger partial charge on any atom is -0.481 e. The Bertz CT molecular complexity index is 648. The molecule has 0 spiro atoms. The third-order valence-electron chi connectivity index (χ3n) is 8.84. The van der Waals surface area contributed by atoms with Crippen molar-refractivity contribution in [3.63, 3.8) is 0 Å². The molecule has 0 aromatic rings. The lowest BCUT2D eigenvalue weighted by atomic mass is 10.0. The van der Waals surface area contributed by atoms with Crippen LogP contribution in [0.15, 0.2) is 12.2 Å². The molecule has 0 rings (SSSR count). The molecule has 0 saturated carbocycles. The maximum atomic E-state index is 11.8. The Morgan fingerprint density at radius 1 is 0.375 bits per heavy atom. The van der Waals surface area contributed by atoms with Gasteiger partial charge in [-0.25, -0.2) is 9.59 Å². The summed E-state index contributed by atoms with van der Waals surface area (Å²) < 4.78 is 10.4. The molecule has 0 aliphatic rings. The van der Waals surface area contributed by atoms with E-state index in [9.17, 15) is 9.59 Å². The number of esters is 2. The first-order valence-electron chi connectivity index (χ1n) is 20.6. The topological polar surface area (TPSA) is 89.9 Å². The second kappa shape index (κ2) is 43.2. The zero-order chi connectivity index (χ0) is 35.6. The molecule has 0 aromatic carbocycles. The van der Waals surface area contributed by atoms with E-state index in [2.05, 4.69) is 13.8 Å². The average Bonchev–Trinajstić information content (AvgIpc) is 3.06. The molecule has 0 aromatic heterocycles. The van der Waals surface area contributed by atoms with Crippen molar-refractivity contribution >= 4 is 17.9 Å². The van der Waals surface area contributed by atoms with Crippen molar-refractivity contribution in [2.45, 2.75) is 226 Å². The first-order chi connectivity index (χ1) is 23.4. The van der Waals surface area contributed by atoms with Gasteiger partial charge in [0.05, 0.1) is 13.2 Å². The van der Waals surface area contributed by atoms with Gasteiger partial charge in [-0.05, 0) is 12.8 Å². The van der Waals surface area contributed by atoms with Crippen LogP contribution in [0.25, 0.3) is 0 Å². The Hall–Kier alpha value is -1.85. The number of hydrogen-bond acceptors (Lipinski definition) is 5. The number of unbranched alkanes of at least 4 members (excludes halogenated alkanes) is 30.